The SMILES string of the molecule is CCOC(=O)C(C)(Cc1cccs1)c1ccc(C)cc1. The van der Waals surface area contributed by atoms with Crippen molar-refractivity contribution in [3.05, 3.63) is 57.8 Å². The summed E-state index contributed by atoms with van der Waals surface area (Å²) in [6, 6.07) is 12.2. The third kappa shape index (κ3) is 3.10. The van der Waals surface area contributed by atoms with Gasteiger partial charge in [0.1, 0.15) is 0 Å². The molecule has 1 aromatic heterocycles. The summed E-state index contributed by atoms with van der Waals surface area (Å²) in [5.74, 6) is -0.155. The quantitative estimate of drug-likeness (QED) is 0.774. The smallest absolute Gasteiger partial charge is 0.316 e. The molecule has 20 heavy (non-hydrogen) atoms. The molecule has 0 bridgehead atoms. The topological polar surface area (TPSA) is 26.3 Å². The molecular formula is C17H20O2S. The fraction of sp³-hybridized carbons (Fsp3) is 0.353. The lowest BCUT2D eigenvalue weighted by molar-refractivity contribution is -0.149. The zero-order chi connectivity index (χ0) is 14.6. The van der Waals surface area contributed by atoms with Crippen LogP contribution in [0, 0.1) is 6.92 Å². The van der Waals surface area contributed by atoms with Crippen LogP contribution in [-0.4, -0.2) is 12.6 Å². The summed E-state index contributed by atoms with van der Waals surface area (Å²) >= 11 is 1.68. The van der Waals surface area contributed by atoms with Crippen molar-refractivity contribution in [3.63, 3.8) is 0 Å². The average Bonchev–Trinajstić information content (AvgIpc) is 2.92. The molecule has 0 radical (unpaired) electrons. The minimum Gasteiger partial charge on any atom is -0.465 e. The van der Waals surface area contributed by atoms with E-state index in [1.54, 1.807) is 11.3 Å². The standard InChI is InChI=1S/C17H20O2S/c1-4-19-16(18)17(3,12-15-6-5-11-20-15)14-9-7-13(2)8-10-14/h5-11H,4,12H2,1-3H3. The summed E-state index contributed by atoms with van der Waals surface area (Å²) < 4.78 is 5.31. The van der Waals surface area contributed by atoms with Crippen molar-refractivity contribution >= 4 is 17.3 Å². The summed E-state index contributed by atoms with van der Waals surface area (Å²) in [6.45, 7) is 6.27. The minimum atomic E-state index is -0.630. The van der Waals surface area contributed by atoms with Crippen molar-refractivity contribution in [3.8, 4) is 0 Å². The van der Waals surface area contributed by atoms with Crippen molar-refractivity contribution in [2.75, 3.05) is 6.61 Å². The van der Waals surface area contributed by atoms with Crippen LogP contribution in [0.2, 0.25) is 0 Å². The maximum absolute atomic E-state index is 12.5. The van der Waals surface area contributed by atoms with Gasteiger partial charge >= 0.3 is 5.97 Å². The molecule has 1 aromatic carbocycles. The van der Waals surface area contributed by atoms with Gasteiger partial charge in [0.2, 0.25) is 0 Å². The van der Waals surface area contributed by atoms with Gasteiger partial charge in [-0.3, -0.25) is 4.79 Å². The molecule has 2 aromatic rings. The van der Waals surface area contributed by atoms with Gasteiger partial charge in [-0.2, -0.15) is 0 Å². The van der Waals surface area contributed by atoms with E-state index >= 15 is 0 Å². The zero-order valence-corrected chi connectivity index (χ0v) is 13.0. The van der Waals surface area contributed by atoms with Crippen LogP contribution in [0.4, 0.5) is 0 Å². The van der Waals surface area contributed by atoms with E-state index in [2.05, 4.69) is 6.07 Å². The van der Waals surface area contributed by atoms with Crippen molar-refractivity contribution < 1.29 is 9.53 Å². The Hall–Kier alpha value is -1.61. The lowest BCUT2D eigenvalue weighted by Crippen LogP contribution is -2.36. The number of ether oxygens (including phenoxy) is 1. The predicted molar refractivity (Wildman–Crippen MR) is 83.2 cm³/mol. The fourth-order valence-corrected chi connectivity index (χ4v) is 3.13. The molecule has 106 valence electrons. The third-order valence-corrected chi connectivity index (χ3v) is 4.40. The first-order chi connectivity index (χ1) is 9.56. The lowest BCUT2D eigenvalue weighted by Gasteiger charge is -2.27. The monoisotopic (exact) mass is 288 g/mol. The summed E-state index contributed by atoms with van der Waals surface area (Å²) in [5, 5.41) is 2.04. The number of benzene rings is 1. The van der Waals surface area contributed by atoms with Gasteiger partial charge in [-0.15, -0.1) is 11.3 Å². The molecule has 0 saturated carbocycles. The molecule has 2 nitrogen and oxygen atoms in total. The highest BCUT2D eigenvalue weighted by Gasteiger charge is 2.37. The van der Waals surface area contributed by atoms with Gasteiger partial charge in [-0.1, -0.05) is 35.9 Å². The van der Waals surface area contributed by atoms with Crippen LogP contribution in [0.25, 0.3) is 0 Å². The number of thiophene rings is 1. The molecule has 0 aliphatic carbocycles. The van der Waals surface area contributed by atoms with Crippen LogP contribution in [0.3, 0.4) is 0 Å². The Bertz CT molecular complexity index is 557. The Labute approximate surface area is 124 Å². The van der Waals surface area contributed by atoms with Crippen molar-refractivity contribution in [1.82, 2.24) is 0 Å². The summed E-state index contributed by atoms with van der Waals surface area (Å²) in [6.07, 6.45) is 0.673. The van der Waals surface area contributed by atoms with Gasteiger partial charge < -0.3 is 4.74 Å². The average molecular weight is 288 g/mol. The molecule has 1 heterocycles. The Balaban J connectivity index is 2.37. The third-order valence-electron chi connectivity index (χ3n) is 3.52. The molecule has 1 unspecified atom stereocenters. The second-order valence-corrected chi connectivity index (χ2v) is 6.21. The molecule has 0 fully saturated rings. The fourth-order valence-electron chi connectivity index (χ4n) is 2.27. The molecule has 0 N–H and O–H groups in total. The number of carbonyl (C=O) groups is 1. The van der Waals surface area contributed by atoms with Gasteiger partial charge in [-0.25, -0.2) is 0 Å². The van der Waals surface area contributed by atoms with E-state index in [1.165, 1.54) is 10.4 Å². The second-order valence-electron chi connectivity index (χ2n) is 5.17. The molecule has 0 amide bonds. The van der Waals surface area contributed by atoms with Crippen LogP contribution < -0.4 is 0 Å². The minimum absolute atomic E-state index is 0.155. The van der Waals surface area contributed by atoms with E-state index < -0.39 is 5.41 Å². The Morgan fingerprint density at radius 1 is 1.25 bits per heavy atom. The van der Waals surface area contributed by atoms with E-state index in [0.29, 0.717) is 13.0 Å². The lowest BCUT2D eigenvalue weighted by atomic mass is 9.79. The van der Waals surface area contributed by atoms with Crippen LogP contribution >= 0.6 is 11.3 Å². The molecule has 2 rings (SSSR count). The molecule has 0 aliphatic heterocycles. The Kier molecular flexibility index (Phi) is 4.61. The number of rotatable bonds is 5. The maximum atomic E-state index is 12.5. The van der Waals surface area contributed by atoms with Crippen molar-refractivity contribution in [1.29, 1.82) is 0 Å². The first kappa shape index (κ1) is 14.8. The maximum Gasteiger partial charge on any atom is 0.316 e. The van der Waals surface area contributed by atoms with Gasteiger partial charge in [0.25, 0.3) is 0 Å². The van der Waals surface area contributed by atoms with Gasteiger partial charge in [0.05, 0.1) is 12.0 Å². The zero-order valence-electron chi connectivity index (χ0n) is 12.2. The van der Waals surface area contributed by atoms with Gasteiger partial charge in [0, 0.05) is 11.3 Å². The summed E-state index contributed by atoms with van der Waals surface area (Å²) in [4.78, 5) is 13.7. The molecule has 0 spiro atoms. The first-order valence-electron chi connectivity index (χ1n) is 6.83. The number of aryl methyl sites for hydroxylation is 1. The Morgan fingerprint density at radius 2 is 1.95 bits per heavy atom. The van der Waals surface area contributed by atoms with Crippen LogP contribution in [0.5, 0.6) is 0 Å². The van der Waals surface area contributed by atoms with Crippen molar-refractivity contribution in [2.24, 2.45) is 0 Å². The van der Waals surface area contributed by atoms with Crippen molar-refractivity contribution in [2.45, 2.75) is 32.6 Å². The summed E-state index contributed by atoms with van der Waals surface area (Å²) in [5.41, 5.74) is 1.57. The number of carbonyl (C=O) groups excluding carboxylic acids is 1. The van der Waals surface area contributed by atoms with E-state index in [4.69, 9.17) is 4.74 Å². The van der Waals surface area contributed by atoms with E-state index in [0.717, 1.165) is 5.56 Å². The molecular weight excluding hydrogens is 268 g/mol. The molecule has 1 atom stereocenters. The highest BCUT2D eigenvalue weighted by atomic mass is 32.1. The number of esters is 1. The summed E-state index contributed by atoms with van der Waals surface area (Å²) in [7, 11) is 0. The highest BCUT2D eigenvalue weighted by Crippen LogP contribution is 2.31. The van der Waals surface area contributed by atoms with Gasteiger partial charge in [0.15, 0.2) is 0 Å². The largest absolute Gasteiger partial charge is 0.465 e. The molecule has 0 saturated heterocycles. The number of hydrogen-bond donors (Lipinski definition) is 0. The van der Waals surface area contributed by atoms with Crippen LogP contribution in [-0.2, 0) is 21.4 Å². The van der Waals surface area contributed by atoms with Gasteiger partial charge in [-0.05, 0) is 37.8 Å². The Morgan fingerprint density at radius 3 is 2.50 bits per heavy atom. The van der Waals surface area contributed by atoms with Crippen LogP contribution in [0.15, 0.2) is 41.8 Å². The van der Waals surface area contributed by atoms with Crippen LogP contribution in [0.1, 0.15) is 29.9 Å². The van der Waals surface area contributed by atoms with E-state index in [1.807, 2.05) is 56.5 Å². The molecule has 3 heteroatoms. The number of hydrogen-bond acceptors (Lipinski definition) is 3. The normalized spacial score (nSPS) is 13.8. The molecule has 0 aliphatic rings. The second kappa shape index (κ2) is 6.23. The van der Waals surface area contributed by atoms with E-state index in [9.17, 15) is 4.79 Å². The predicted octanol–water partition coefficient (Wildman–Crippen LogP) is 4.12. The van der Waals surface area contributed by atoms with E-state index in [-0.39, 0.29) is 5.97 Å². The first-order valence-corrected chi connectivity index (χ1v) is 7.71. The highest BCUT2D eigenvalue weighted by molar-refractivity contribution is 7.09.